The molecular formula is C20H24N2O2. The minimum Gasteiger partial charge on any atom is -0.496 e. The van der Waals surface area contributed by atoms with E-state index in [1.165, 1.54) is 11.1 Å². The van der Waals surface area contributed by atoms with Gasteiger partial charge in [0.05, 0.1) is 7.11 Å². The third-order valence-electron chi connectivity index (χ3n) is 5.99. The monoisotopic (exact) mass is 324 g/mol. The van der Waals surface area contributed by atoms with Crippen LogP contribution < -0.4 is 10.1 Å². The quantitative estimate of drug-likeness (QED) is 0.903. The average Bonchev–Trinajstić information content (AvgIpc) is 2.92. The van der Waals surface area contributed by atoms with Crippen LogP contribution in [0.2, 0.25) is 0 Å². The van der Waals surface area contributed by atoms with Crippen molar-refractivity contribution in [3.8, 4) is 5.75 Å². The zero-order chi connectivity index (χ0) is 17.1. The summed E-state index contributed by atoms with van der Waals surface area (Å²) in [5.41, 5.74) is 5.92. The van der Waals surface area contributed by atoms with E-state index < -0.39 is 0 Å². The Morgan fingerprint density at radius 3 is 2.88 bits per heavy atom. The van der Waals surface area contributed by atoms with Crippen molar-refractivity contribution in [3.05, 3.63) is 52.3 Å². The van der Waals surface area contributed by atoms with Crippen LogP contribution in [-0.2, 0) is 13.0 Å². The molecule has 2 N–H and O–H groups in total. The number of methoxy groups -OCH3 is 1. The second kappa shape index (κ2) is 5.13. The van der Waals surface area contributed by atoms with Gasteiger partial charge in [-0.25, -0.2) is 0 Å². The van der Waals surface area contributed by atoms with E-state index in [1.807, 2.05) is 24.3 Å². The van der Waals surface area contributed by atoms with Crippen LogP contribution in [-0.4, -0.2) is 18.0 Å². The number of fused-ring (bicyclic) bond motifs is 3. The molecule has 4 heteroatoms. The molecule has 0 radical (unpaired) electrons. The molecule has 4 nitrogen and oxygen atoms in total. The molecule has 1 saturated carbocycles. The summed E-state index contributed by atoms with van der Waals surface area (Å²) in [7, 11) is 1.65. The lowest BCUT2D eigenvalue weighted by atomic mass is 9.95. The van der Waals surface area contributed by atoms with Gasteiger partial charge in [-0.05, 0) is 47.8 Å². The van der Waals surface area contributed by atoms with Crippen LogP contribution in [0.4, 0.5) is 0 Å². The number of amides is 1. The predicted octanol–water partition coefficient (Wildman–Crippen LogP) is 3.56. The van der Waals surface area contributed by atoms with Crippen LogP contribution in [0.5, 0.6) is 5.75 Å². The van der Waals surface area contributed by atoms with Crippen LogP contribution in [0.1, 0.15) is 52.6 Å². The summed E-state index contributed by atoms with van der Waals surface area (Å²) in [6, 6.07) is 7.77. The topological polar surface area (TPSA) is 54.1 Å². The van der Waals surface area contributed by atoms with Gasteiger partial charge in [0.2, 0.25) is 0 Å². The summed E-state index contributed by atoms with van der Waals surface area (Å²) < 4.78 is 5.35. The SMILES string of the molecule is COc1ccccc1CNC(=O)c1[nH]c(C)c2c1C[C@@H]1[C@H]2C1(C)C. The van der Waals surface area contributed by atoms with Crippen molar-refractivity contribution >= 4 is 5.91 Å². The van der Waals surface area contributed by atoms with Gasteiger partial charge in [0.15, 0.2) is 0 Å². The third kappa shape index (κ3) is 2.09. The van der Waals surface area contributed by atoms with Crippen molar-refractivity contribution in [2.45, 2.75) is 39.7 Å². The number of carbonyl (C=O) groups is 1. The van der Waals surface area contributed by atoms with Gasteiger partial charge in [0.1, 0.15) is 11.4 Å². The molecule has 0 aliphatic heterocycles. The van der Waals surface area contributed by atoms with Crippen molar-refractivity contribution in [1.82, 2.24) is 10.3 Å². The molecule has 2 aliphatic rings. The first-order valence-electron chi connectivity index (χ1n) is 8.56. The summed E-state index contributed by atoms with van der Waals surface area (Å²) >= 11 is 0. The molecule has 0 spiro atoms. The highest BCUT2D eigenvalue weighted by atomic mass is 16.5. The maximum absolute atomic E-state index is 12.7. The number of aromatic amines is 1. The number of carbonyl (C=O) groups excluding carboxylic acids is 1. The lowest BCUT2D eigenvalue weighted by molar-refractivity contribution is 0.0945. The molecule has 126 valence electrons. The molecule has 1 heterocycles. The van der Waals surface area contributed by atoms with Crippen molar-refractivity contribution in [2.24, 2.45) is 11.3 Å². The number of rotatable bonds is 4. The maximum atomic E-state index is 12.7. The maximum Gasteiger partial charge on any atom is 0.268 e. The molecule has 1 aromatic carbocycles. The van der Waals surface area contributed by atoms with E-state index in [0.29, 0.717) is 23.8 Å². The number of hydrogen-bond acceptors (Lipinski definition) is 2. The van der Waals surface area contributed by atoms with E-state index in [2.05, 4.69) is 31.1 Å². The standard InChI is InChI=1S/C20H24N2O2/c1-11-16-13(9-14-17(16)20(14,2)3)18(22-11)19(23)21-10-12-7-5-6-8-15(12)24-4/h5-8,14,17,22H,9-10H2,1-4H3,(H,21,23)/t14-,17-/m1/s1. The second-order valence-corrected chi connectivity index (χ2v) is 7.62. The number of benzene rings is 1. The molecule has 0 bridgehead atoms. The Kier molecular flexibility index (Phi) is 3.27. The fourth-order valence-corrected chi connectivity index (χ4v) is 4.55. The molecule has 0 unspecified atom stereocenters. The highest BCUT2D eigenvalue weighted by Crippen LogP contribution is 2.70. The Morgan fingerprint density at radius 1 is 1.38 bits per heavy atom. The van der Waals surface area contributed by atoms with Gasteiger partial charge >= 0.3 is 0 Å². The molecule has 4 rings (SSSR count). The molecular weight excluding hydrogens is 300 g/mol. The Hall–Kier alpha value is -2.23. The van der Waals surface area contributed by atoms with Crippen LogP contribution in [0.3, 0.4) is 0 Å². The lowest BCUT2D eigenvalue weighted by Crippen LogP contribution is -2.24. The first-order valence-corrected chi connectivity index (χ1v) is 8.56. The van der Waals surface area contributed by atoms with Crippen molar-refractivity contribution < 1.29 is 9.53 Å². The molecule has 24 heavy (non-hydrogen) atoms. The largest absolute Gasteiger partial charge is 0.496 e. The number of aryl methyl sites for hydroxylation is 1. The molecule has 2 aliphatic carbocycles. The Labute approximate surface area is 142 Å². The van der Waals surface area contributed by atoms with Gasteiger partial charge in [-0.1, -0.05) is 32.0 Å². The van der Waals surface area contributed by atoms with Crippen LogP contribution in [0.15, 0.2) is 24.3 Å². The fraction of sp³-hybridized carbons (Fsp3) is 0.450. The van der Waals surface area contributed by atoms with Crippen molar-refractivity contribution in [3.63, 3.8) is 0 Å². The summed E-state index contributed by atoms with van der Waals surface area (Å²) in [6.07, 6.45) is 1.02. The summed E-state index contributed by atoms with van der Waals surface area (Å²) in [5.74, 6) is 2.11. The van der Waals surface area contributed by atoms with Gasteiger partial charge in [0, 0.05) is 17.8 Å². The van der Waals surface area contributed by atoms with Gasteiger partial charge in [-0.2, -0.15) is 0 Å². The second-order valence-electron chi connectivity index (χ2n) is 7.62. The van der Waals surface area contributed by atoms with E-state index in [-0.39, 0.29) is 5.91 Å². The van der Waals surface area contributed by atoms with E-state index in [1.54, 1.807) is 7.11 Å². The average molecular weight is 324 g/mol. The van der Waals surface area contributed by atoms with Gasteiger partial charge in [-0.3, -0.25) is 4.79 Å². The highest BCUT2D eigenvalue weighted by molar-refractivity contribution is 5.95. The minimum absolute atomic E-state index is 0.0237. The summed E-state index contributed by atoms with van der Waals surface area (Å²) in [6.45, 7) is 7.22. The smallest absolute Gasteiger partial charge is 0.268 e. The number of para-hydroxylation sites is 1. The zero-order valence-electron chi connectivity index (χ0n) is 14.7. The van der Waals surface area contributed by atoms with E-state index in [0.717, 1.165) is 29.1 Å². The Morgan fingerprint density at radius 2 is 2.12 bits per heavy atom. The zero-order valence-corrected chi connectivity index (χ0v) is 14.7. The Balaban J connectivity index is 1.53. The van der Waals surface area contributed by atoms with Crippen LogP contribution in [0, 0.1) is 18.3 Å². The molecule has 1 amide bonds. The van der Waals surface area contributed by atoms with Crippen LogP contribution in [0.25, 0.3) is 0 Å². The minimum atomic E-state index is -0.0237. The van der Waals surface area contributed by atoms with E-state index in [9.17, 15) is 4.79 Å². The third-order valence-corrected chi connectivity index (χ3v) is 5.99. The fourth-order valence-electron chi connectivity index (χ4n) is 4.55. The molecule has 2 atom stereocenters. The van der Waals surface area contributed by atoms with Crippen LogP contribution >= 0.6 is 0 Å². The van der Waals surface area contributed by atoms with Crippen molar-refractivity contribution in [2.75, 3.05) is 7.11 Å². The van der Waals surface area contributed by atoms with Gasteiger partial charge < -0.3 is 15.0 Å². The lowest BCUT2D eigenvalue weighted by Gasteiger charge is -2.11. The summed E-state index contributed by atoms with van der Waals surface area (Å²) in [4.78, 5) is 16.0. The predicted molar refractivity (Wildman–Crippen MR) is 93.4 cm³/mol. The number of aromatic nitrogens is 1. The molecule has 2 aromatic rings. The normalized spacial score (nSPS) is 22.7. The molecule has 1 aromatic heterocycles. The number of ether oxygens (including phenoxy) is 1. The first-order chi connectivity index (χ1) is 11.4. The molecule has 0 saturated heterocycles. The Bertz CT molecular complexity index is 819. The molecule has 1 fully saturated rings. The first kappa shape index (κ1) is 15.3. The van der Waals surface area contributed by atoms with Gasteiger partial charge in [0.25, 0.3) is 5.91 Å². The highest BCUT2D eigenvalue weighted by Gasteiger charge is 2.63. The summed E-state index contributed by atoms with van der Waals surface area (Å²) in [5, 5.41) is 3.03. The number of hydrogen-bond donors (Lipinski definition) is 2. The van der Waals surface area contributed by atoms with Gasteiger partial charge in [-0.15, -0.1) is 0 Å². The van der Waals surface area contributed by atoms with E-state index in [4.69, 9.17) is 4.74 Å². The van der Waals surface area contributed by atoms with Crippen molar-refractivity contribution in [1.29, 1.82) is 0 Å². The number of H-pyrrole nitrogens is 1. The van der Waals surface area contributed by atoms with E-state index >= 15 is 0 Å². The number of nitrogens with one attached hydrogen (secondary N) is 2.